The van der Waals surface area contributed by atoms with E-state index in [4.69, 9.17) is 5.73 Å². The fourth-order valence-corrected chi connectivity index (χ4v) is 2.29. The lowest BCUT2D eigenvalue weighted by molar-refractivity contribution is 0.101. The SMILES string of the molecule is Nc1n[nH]c(C(=O)Nc2ccc(Br)cc2Br)n1. The van der Waals surface area contributed by atoms with Crippen LogP contribution in [0.15, 0.2) is 27.1 Å². The lowest BCUT2D eigenvalue weighted by Gasteiger charge is -2.05. The Morgan fingerprint density at radius 3 is 2.76 bits per heavy atom. The largest absolute Gasteiger partial charge is 0.366 e. The number of rotatable bonds is 2. The summed E-state index contributed by atoms with van der Waals surface area (Å²) in [5.74, 6) is -0.306. The number of amides is 1. The molecule has 0 fully saturated rings. The summed E-state index contributed by atoms with van der Waals surface area (Å²) in [6, 6.07) is 5.39. The zero-order valence-corrected chi connectivity index (χ0v) is 11.5. The third-order valence-corrected chi connectivity index (χ3v) is 3.05. The molecule has 0 saturated heterocycles. The van der Waals surface area contributed by atoms with Crippen LogP contribution in [-0.4, -0.2) is 21.1 Å². The molecule has 1 amide bonds. The van der Waals surface area contributed by atoms with Gasteiger partial charge in [0.2, 0.25) is 11.8 Å². The van der Waals surface area contributed by atoms with Gasteiger partial charge in [0.15, 0.2) is 0 Å². The molecule has 0 aliphatic rings. The second kappa shape index (κ2) is 4.84. The third kappa shape index (κ3) is 2.83. The second-order valence-electron chi connectivity index (χ2n) is 3.12. The number of aromatic amines is 1. The number of benzene rings is 1. The number of nitrogens with two attached hydrogens (primary N) is 1. The predicted molar refractivity (Wildman–Crippen MR) is 70.6 cm³/mol. The normalized spacial score (nSPS) is 10.2. The number of hydrogen-bond donors (Lipinski definition) is 3. The Bertz CT molecular complexity index is 568. The van der Waals surface area contributed by atoms with E-state index in [2.05, 4.69) is 52.4 Å². The molecule has 1 aromatic carbocycles. The Balaban J connectivity index is 2.18. The second-order valence-corrected chi connectivity index (χ2v) is 4.89. The van der Waals surface area contributed by atoms with Gasteiger partial charge in [0.05, 0.1) is 5.69 Å². The standard InChI is InChI=1S/C9H7Br2N5O/c10-4-1-2-6(5(11)3-4)13-8(17)7-14-9(12)16-15-7/h1-3H,(H,13,17)(H3,12,14,15,16). The number of carbonyl (C=O) groups excluding carboxylic acids is 1. The molecule has 0 spiro atoms. The molecule has 0 atom stereocenters. The van der Waals surface area contributed by atoms with Gasteiger partial charge in [0, 0.05) is 8.95 Å². The molecule has 2 aromatic rings. The number of halogens is 2. The topological polar surface area (TPSA) is 96.7 Å². The van der Waals surface area contributed by atoms with Crippen molar-refractivity contribution >= 4 is 49.4 Å². The molecule has 6 nitrogen and oxygen atoms in total. The van der Waals surface area contributed by atoms with E-state index >= 15 is 0 Å². The van der Waals surface area contributed by atoms with E-state index in [-0.39, 0.29) is 11.8 Å². The average Bonchev–Trinajstić information content (AvgIpc) is 2.69. The lowest BCUT2D eigenvalue weighted by atomic mass is 10.3. The van der Waals surface area contributed by atoms with Gasteiger partial charge in [0.25, 0.3) is 5.91 Å². The molecule has 2 rings (SSSR count). The average molecular weight is 361 g/mol. The van der Waals surface area contributed by atoms with Crippen LogP contribution in [0.4, 0.5) is 11.6 Å². The summed E-state index contributed by atoms with van der Waals surface area (Å²) >= 11 is 6.66. The van der Waals surface area contributed by atoms with Gasteiger partial charge in [-0.25, -0.2) is 0 Å². The molecule has 0 aliphatic carbocycles. The number of hydrogen-bond acceptors (Lipinski definition) is 4. The van der Waals surface area contributed by atoms with Crippen molar-refractivity contribution in [2.24, 2.45) is 0 Å². The van der Waals surface area contributed by atoms with Crippen molar-refractivity contribution in [3.05, 3.63) is 33.0 Å². The molecular weight excluding hydrogens is 354 g/mol. The Morgan fingerprint density at radius 1 is 1.41 bits per heavy atom. The molecule has 1 aromatic heterocycles. The van der Waals surface area contributed by atoms with Gasteiger partial charge in [-0.1, -0.05) is 15.9 Å². The molecule has 0 radical (unpaired) electrons. The molecule has 0 bridgehead atoms. The van der Waals surface area contributed by atoms with Crippen LogP contribution in [0.3, 0.4) is 0 Å². The first kappa shape index (κ1) is 12.1. The Kier molecular flexibility index (Phi) is 3.43. The highest BCUT2D eigenvalue weighted by Gasteiger charge is 2.12. The number of nitrogens with zero attached hydrogens (tertiary/aromatic N) is 2. The van der Waals surface area contributed by atoms with Crippen molar-refractivity contribution in [3.8, 4) is 0 Å². The van der Waals surface area contributed by atoms with Gasteiger partial charge in [0.1, 0.15) is 0 Å². The zero-order valence-electron chi connectivity index (χ0n) is 8.37. The van der Waals surface area contributed by atoms with Crippen LogP contribution in [0.25, 0.3) is 0 Å². The molecule has 4 N–H and O–H groups in total. The fourth-order valence-electron chi connectivity index (χ4n) is 1.15. The molecule has 0 unspecified atom stereocenters. The van der Waals surface area contributed by atoms with E-state index in [1.54, 1.807) is 6.07 Å². The van der Waals surface area contributed by atoms with Crippen LogP contribution < -0.4 is 11.1 Å². The van der Waals surface area contributed by atoms with E-state index in [0.717, 1.165) is 8.95 Å². The monoisotopic (exact) mass is 359 g/mol. The summed E-state index contributed by atoms with van der Waals surface area (Å²) in [4.78, 5) is 15.5. The van der Waals surface area contributed by atoms with Crippen molar-refractivity contribution in [1.82, 2.24) is 15.2 Å². The van der Waals surface area contributed by atoms with Gasteiger partial charge in [-0.2, -0.15) is 4.98 Å². The van der Waals surface area contributed by atoms with Crippen LogP contribution in [0, 0.1) is 0 Å². The smallest absolute Gasteiger partial charge is 0.293 e. The maximum Gasteiger partial charge on any atom is 0.293 e. The van der Waals surface area contributed by atoms with Gasteiger partial charge in [-0.05, 0) is 34.1 Å². The van der Waals surface area contributed by atoms with Gasteiger partial charge in [-0.3, -0.25) is 9.89 Å². The number of H-pyrrole nitrogens is 1. The molecule has 0 aliphatic heterocycles. The number of nitrogens with one attached hydrogen (secondary N) is 2. The lowest BCUT2D eigenvalue weighted by Crippen LogP contribution is -2.14. The van der Waals surface area contributed by atoms with Crippen molar-refractivity contribution in [2.75, 3.05) is 11.1 Å². The molecule has 0 saturated carbocycles. The van der Waals surface area contributed by atoms with E-state index < -0.39 is 5.91 Å². The van der Waals surface area contributed by atoms with E-state index in [0.29, 0.717) is 5.69 Å². The van der Waals surface area contributed by atoms with Crippen LogP contribution in [-0.2, 0) is 0 Å². The quantitative estimate of drug-likeness (QED) is 0.764. The van der Waals surface area contributed by atoms with Crippen molar-refractivity contribution in [3.63, 3.8) is 0 Å². The fraction of sp³-hybridized carbons (Fsp3) is 0. The summed E-state index contributed by atoms with van der Waals surface area (Å²) in [5, 5.41) is 8.68. The Hall–Kier alpha value is -1.41. The minimum Gasteiger partial charge on any atom is -0.366 e. The summed E-state index contributed by atoms with van der Waals surface area (Å²) in [6.45, 7) is 0. The minimum atomic E-state index is -0.405. The Labute approximate surface area is 113 Å². The summed E-state index contributed by atoms with van der Waals surface area (Å²) in [7, 11) is 0. The first-order chi connectivity index (χ1) is 8.06. The highest BCUT2D eigenvalue weighted by atomic mass is 79.9. The highest BCUT2D eigenvalue weighted by molar-refractivity contribution is 9.11. The van der Waals surface area contributed by atoms with Crippen LogP contribution in [0.5, 0.6) is 0 Å². The maximum atomic E-state index is 11.7. The van der Waals surface area contributed by atoms with Crippen LogP contribution in [0.2, 0.25) is 0 Å². The number of aromatic nitrogens is 3. The summed E-state index contributed by atoms with van der Waals surface area (Å²) < 4.78 is 1.67. The number of nitrogen functional groups attached to an aromatic ring is 1. The molecular formula is C9H7Br2N5O. The Morgan fingerprint density at radius 2 is 2.18 bits per heavy atom. The van der Waals surface area contributed by atoms with E-state index in [9.17, 15) is 4.79 Å². The van der Waals surface area contributed by atoms with Gasteiger partial charge in [-0.15, -0.1) is 5.10 Å². The van der Waals surface area contributed by atoms with Crippen LogP contribution >= 0.6 is 31.9 Å². The highest BCUT2D eigenvalue weighted by Crippen LogP contribution is 2.26. The van der Waals surface area contributed by atoms with E-state index in [1.807, 2.05) is 12.1 Å². The van der Waals surface area contributed by atoms with E-state index in [1.165, 1.54) is 0 Å². The predicted octanol–water partition coefficient (Wildman–Crippen LogP) is 2.16. The van der Waals surface area contributed by atoms with Crippen molar-refractivity contribution in [1.29, 1.82) is 0 Å². The maximum absolute atomic E-state index is 11.7. The molecule has 8 heteroatoms. The molecule has 17 heavy (non-hydrogen) atoms. The first-order valence-corrected chi connectivity index (χ1v) is 6.09. The summed E-state index contributed by atoms with van der Waals surface area (Å²) in [5.41, 5.74) is 5.94. The van der Waals surface area contributed by atoms with Crippen molar-refractivity contribution < 1.29 is 4.79 Å². The van der Waals surface area contributed by atoms with Gasteiger partial charge >= 0.3 is 0 Å². The molecule has 1 heterocycles. The minimum absolute atomic E-state index is 0.0324. The van der Waals surface area contributed by atoms with Gasteiger partial charge < -0.3 is 11.1 Å². The molecule has 88 valence electrons. The number of carbonyl (C=O) groups is 1. The zero-order chi connectivity index (χ0) is 12.4. The van der Waals surface area contributed by atoms with Crippen LogP contribution in [0.1, 0.15) is 10.6 Å². The number of anilines is 2. The van der Waals surface area contributed by atoms with Crippen molar-refractivity contribution in [2.45, 2.75) is 0 Å². The summed E-state index contributed by atoms with van der Waals surface area (Å²) in [6.07, 6.45) is 0. The third-order valence-electron chi connectivity index (χ3n) is 1.90. The first-order valence-electron chi connectivity index (χ1n) is 4.50.